The largest absolute Gasteiger partial charge is 0.488 e. The second-order valence-electron chi connectivity index (χ2n) is 4.33. The van der Waals surface area contributed by atoms with E-state index in [1.165, 1.54) is 5.56 Å². The van der Waals surface area contributed by atoms with Crippen LogP contribution < -0.4 is 4.74 Å². The van der Waals surface area contributed by atoms with Crippen molar-refractivity contribution < 1.29 is 9.53 Å². The number of carbonyl (C=O) groups is 1. The first-order valence-electron chi connectivity index (χ1n) is 5.95. The third kappa shape index (κ3) is 2.98. The average Bonchev–Trinajstić information content (AvgIpc) is 2.38. The lowest BCUT2D eigenvalue weighted by Crippen LogP contribution is -2.01. The molecule has 0 aliphatic rings. The number of hydrogen-bond acceptors (Lipinski definition) is 2. The van der Waals surface area contributed by atoms with Crippen molar-refractivity contribution in [3.05, 3.63) is 65.2 Å². The summed E-state index contributed by atoms with van der Waals surface area (Å²) in [6, 6.07) is 15.5. The van der Waals surface area contributed by atoms with Gasteiger partial charge in [-0.3, -0.25) is 4.79 Å². The fourth-order valence-electron chi connectivity index (χ4n) is 1.73. The number of rotatable bonds is 4. The van der Waals surface area contributed by atoms with E-state index in [0.29, 0.717) is 17.9 Å². The summed E-state index contributed by atoms with van der Waals surface area (Å²) in [6.07, 6.45) is 0. The van der Waals surface area contributed by atoms with Gasteiger partial charge in [0.25, 0.3) is 0 Å². The van der Waals surface area contributed by atoms with Gasteiger partial charge in [0, 0.05) is 0 Å². The molecule has 92 valence electrons. The summed E-state index contributed by atoms with van der Waals surface area (Å²) >= 11 is 0. The molecule has 0 N–H and O–H groups in total. The Morgan fingerprint density at radius 3 is 2.39 bits per heavy atom. The second-order valence-corrected chi connectivity index (χ2v) is 4.33. The Morgan fingerprint density at radius 1 is 1.06 bits per heavy atom. The highest BCUT2D eigenvalue weighted by molar-refractivity contribution is 5.96. The molecular formula is C16H16O2. The van der Waals surface area contributed by atoms with E-state index in [1.807, 2.05) is 30.3 Å². The van der Waals surface area contributed by atoms with Gasteiger partial charge < -0.3 is 4.74 Å². The zero-order chi connectivity index (χ0) is 13.0. The number of benzene rings is 2. The third-order valence-electron chi connectivity index (χ3n) is 2.78. The number of aryl methyl sites for hydroxylation is 1. The maximum absolute atomic E-state index is 11.4. The van der Waals surface area contributed by atoms with Crippen LogP contribution in [0.2, 0.25) is 0 Å². The van der Waals surface area contributed by atoms with Crippen molar-refractivity contribution in [1.29, 1.82) is 0 Å². The van der Waals surface area contributed by atoms with E-state index in [2.05, 4.69) is 19.1 Å². The molecule has 0 amide bonds. The standard InChI is InChI=1S/C16H16O2/c1-12-7-9-14(10-8-12)11-18-16-6-4-3-5-15(16)13(2)17/h3-10H,11H2,1-2H3. The monoisotopic (exact) mass is 240 g/mol. The predicted molar refractivity (Wildman–Crippen MR) is 72.0 cm³/mol. The maximum atomic E-state index is 11.4. The smallest absolute Gasteiger partial charge is 0.163 e. The number of para-hydroxylation sites is 1. The number of carbonyl (C=O) groups excluding carboxylic acids is 1. The molecule has 0 aliphatic heterocycles. The van der Waals surface area contributed by atoms with Crippen LogP contribution in [0.4, 0.5) is 0 Å². The SMILES string of the molecule is CC(=O)c1ccccc1OCc1ccc(C)cc1. The summed E-state index contributed by atoms with van der Waals surface area (Å²) in [4.78, 5) is 11.4. The van der Waals surface area contributed by atoms with Gasteiger partial charge in [-0.2, -0.15) is 0 Å². The van der Waals surface area contributed by atoms with Crippen LogP contribution in [0.3, 0.4) is 0 Å². The molecule has 0 unspecified atom stereocenters. The second kappa shape index (κ2) is 5.50. The molecule has 2 heteroatoms. The molecule has 0 aliphatic carbocycles. The van der Waals surface area contributed by atoms with E-state index in [-0.39, 0.29) is 5.78 Å². The Balaban J connectivity index is 2.10. The van der Waals surface area contributed by atoms with E-state index in [9.17, 15) is 4.79 Å². The summed E-state index contributed by atoms with van der Waals surface area (Å²) in [5.74, 6) is 0.667. The van der Waals surface area contributed by atoms with Crippen molar-refractivity contribution >= 4 is 5.78 Å². The van der Waals surface area contributed by atoms with Crippen LogP contribution in [-0.2, 0) is 6.61 Å². The molecule has 0 bridgehead atoms. The van der Waals surface area contributed by atoms with Gasteiger partial charge >= 0.3 is 0 Å². The van der Waals surface area contributed by atoms with Gasteiger partial charge in [-0.25, -0.2) is 0 Å². The van der Waals surface area contributed by atoms with Crippen molar-refractivity contribution in [3.8, 4) is 5.75 Å². The molecule has 2 nitrogen and oxygen atoms in total. The quantitative estimate of drug-likeness (QED) is 0.760. The summed E-state index contributed by atoms with van der Waals surface area (Å²) in [5.41, 5.74) is 2.95. The molecule has 0 atom stereocenters. The number of hydrogen-bond donors (Lipinski definition) is 0. The van der Waals surface area contributed by atoms with Crippen molar-refractivity contribution in [2.45, 2.75) is 20.5 Å². The molecule has 0 saturated heterocycles. The first-order valence-corrected chi connectivity index (χ1v) is 5.95. The molecule has 0 aromatic heterocycles. The van der Waals surface area contributed by atoms with Crippen molar-refractivity contribution in [3.63, 3.8) is 0 Å². The lowest BCUT2D eigenvalue weighted by Gasteiger charge is -2.09. The van der Waals surface area contributed by atoms with Gasteiger partial charge in [-0.05, 0) is 31.5 Å². The lowest BCUT2D eigenvalue weighted by molar-refractivity contribution is 0.101. The molecule has 0 saturated carbocycles. The molecule has 2 rings (SSSR count). The Bertz CT molecular complexity index is 541. The molecule has 0 radical (unpaired) electrons. The van der Waals surface area contributed by atoms with E-state index >= 15 is 0 Å². The van der Waals surface area contributed by atoms with Crippen LogP contribution in [0.25, 0.3) is 0 Å². The third-order valence-corrected chi connectivity index (χ3v) is 2.78. The lowest BCUT2D eigenvalue weighted by atomic mass is 10.1. The highest BCUT2D eigenvalue weighted by atomic mass is 16.5. The van der Waals surface area contributed by atoms with Gasteiger partial charge in [0.05, 0.1) is 5.56 Å². The van der Waals surface area contributed by atoms with E-state index in [4.69, 9.17) is 4.74 Å². The first kappa shape index (κ1) is 12.4. The average molecular weight is 240 g/mol. The van der Waals surface area contributed by atoms with Crippen LogP contribution in [0.5, 0.6) is 5.75 Å². The predicted octanol–water partition coefficient (Wildman–Crippen LogP) is 3.78. The van der Waals surface area contributed by atoms with Crippen LogP contribution in [-0.4, -0.2) is 5.78 Å². The van der Waals surface area contributed by atoms with E-state index in [0.717, 1.165) is 5.56 Å². The summed E-state index contributed by atoms with van der Waals surface area (Å²) in [5, 5.41) is 0. The topological polar surface area (TPSA) is 26.3 Å². The van der Waals surface area contributed by atoms with E-state index in [1.54, 1.807) is 13.0 Å². The molecule has 2 aromatic carbocycles. The summed E-state index contributed by atoms with van der Waals surface area (Å²) in [6.45, 7) is 4.08. The molecule has 18 heavy (non-hydrogen) atoms. The minimum Gasteiger partial charge on any atom is -0.488 e. The van der Waals surface area contributed by atoms with Crippen molar-refractivity contribution in [2.75, 3.05) is 0 Å². The number of Topliss-reactive ketones (excluding diaryl/α,β-unsaturated/α-hetero) is 1. The highest BCUT2D eigenvalue weighted by Gasteiger charge is 2.07. The van der Waals surface area contributed by atoms with Crippen molar-refractivity contribution in [1.82, 2.24) is 0 Å². The Labute approximate surface area is 107 Å². The zero-order valence-electron chi connectivity index (χ0n) is 10.6. The van der Waals surface area contributed by atoms with Gasteiger partial charge in [-0.15, -0.1) is 0 Å². The fraction of sp³-hybridized carbons (Fsp3) is 0.188. The Hall–Kier alpha value is -2.09. The van der Waals surface area contributed by atoms with Crippen molar-refractivity contribution in [2.24, 2.45) is 0 Å². The van der Waals surface area contributed by atoms with Crippen LogP contribution in [0.15, 0.2) is 48.5 Å². The van der Waals surface area contributed by atoms with E-state index < -0.39 is 0 Å². The molecular weight excluding hydrogens is 224 g/mol. The van der Waals surface area contributed by atoms with Crippen LogP contribution in [0, 0.1) is 6.92 Å². The maximum Gasteiger partial charge on any atom is 0.163 e. The van der Waals surface area contributed by atoms with Gasteiger partial charge in [-0.1, -0.05) is 42.0 Å². The Kier molecular flexibility index (Phi) is 3.78. The number of ether oxygens (including phenoxy) is 1. The summed E-state index contributed by atoms with van der Waals surface area (Å²) in [7, 11) is 0. The first-order chi connectivity index (χ1) is 8.66. The molecule has 0 spiro atoms. The van der Waals surface area contributed by atoms with Gasteiger partial charge in [0.15, 0.2) is 5.78 Å². The normalized spacial score (nSPS) is 10.1. The van der Waals surface area contributed by atoms with Crippen LogP contribution >= 0.6 is 0 Å². The Morgan fingerprint density at radius 2 is 1.72 bits per heavy atom. The minimum atomic E-state index is 0.0227. The molecule has 0 fully saturated rings. The number of ketones is 1. The van der Waals surface area contributed by atoms with Gasteiger partial charge in [0.2, 0.25) is 0 Å². The minimum absolute atomic E-state index is 0.0227. The van der Waals surface area contributed by atoms with Gasteiger partial charge in [0.1, 0.15) is 12.4 Å². The molecule has 0 heterocycles. The van der Waals surface area contributed by atoms with Crippen LogP contribution in [0.1, 0.15) is 28.4 Å². The fourth-order valence-corrected chi connectivity index (χ4v) is 1.73. The highest BCUT2D eigenvalue weighted by Crippen LogP contribution is 2.19. The zero-order valence-corrected chi connectivity index (χ0v) is 10.6. The molecule has 2 aromatic rings. The summed E-state index contributed by atoms with van der Waals surface area (Å²) < 4.78 is 5.70.